The molecule has 0 N–H and O–H groups in total. The molecule has 0 amide bonds. The first kappa shape index (κ1) is 16.3. The number of carbonyl (C=O) groups is 1. The Kier molecular flexibility index (Phi) is 4.54. The summed E-state index contributed by atoms with van der Waals surface area (Å²) in [4.78, 5) is 16.7. The van der Waals surface area contributed by atoms with Crippen LogP contribution in [0.15, 0.2) is 47.5 Å². The van der Waals surface area contributed by atoms with Crippen LogP contribution < -0.4 is 0 Å². The van der Waals surface area contributed by atoms with Gasteiger partial charge in [-0.05, 0) is 41.1 Å². The summed E-state index contributed by atoms with van der Waals surface area (Å²) in [6, 6.07) is 14.3. The molecule has 0 heterocycles. The number of fused-ring (bicyclic) bond motifs is 2. The van der Waals surface area contributed by atoms with E-state index in [4.69, 9.17) is 16.6 Å². The van der Waals surface area contributed by atoms with Crippen molar-refractivity contribution in [3.63, 3.8) is 0 Å². The number of nitrogens with zero attached hydrogens (tertiary/aromatic N) is 1. The third-order valence-electron chi connectivity index (χ3n) is 5.16. The van der Waals surface area contributed by atoms with Crippen LogP contribution in [-0.4, -0.2) is 18.5 Å². The summed E-state index contributed by atoms with van der Waals surface area (Å²) in [5.74, 6) is 0. The van der Waals surface area contributed by atoms with Gasteiger partial charge >= 0.3 is 0 Å². The molecule has 0 spiro atoms. The van der Waals surface area contributed by atoms with Crippen molar-refractivity contribution >= 4 is 45.6 Å². The van der Waals surface area contributed by atoms with E-state index in [9.17, 15) is 4.79 Å². The Bertz CT molecular complexity index is 971. The molecule has 0 atom stereocenters. The van der Waals surface area contributed by atoms with Crippen LogP contribution in [0, 0.1) is 0 Å². The largest absolute Gasteiger partial charge is 0.298 e. The lowest BCUT2D eigenvalue weighted by atomic mass is 9.94. The summed E-state index contributed by atoms with van der Waals surface area (Å²) in [5.41, 5.74) is 1.55. The van der Waals surface area contributed by atoms with Gasteiger partial charge in [0.25, 0.3) is 0 Å². The number of carbonyl (C=O) groups excluding carboxylic acids is 1. The third-order valence-corrected chi connectivity index (χ3v) is 5.49. The van der Waals surface area contributed by atoms with Gasteiger partial charge in [0.05, 0.1) is 0 Å². The van der Waals surface area contributed by atoms with Gasteiger partial charge in [-0.25, -0.2) is 0 Å². The Morgan fingerprint density at radius 2 is 1.76 bits per heavy atom. The molecule has 25 heavy (non-hydrogen) atoms. The van der Waals surface area contributed by atoms with Gasteiger partial charge in [0.1, 0.15) is 0 Å². The Hall–Kier alpha value is -2.19. The lowest BCUT2D eigenvalue weighted by molar-refractivity contribution is 0.112. The van der Waals surface area contributed by atoms with Gasteiger partial charge in [0.15, 0.2) is 6.29 Å². The molecule has 0 radical (unpaired) electrons. The standard InChI is InChI=1S/C22H20ClNO/c23-21-11-10-16-12-15-6-4-5-9-18(15)20(14-25)22(16)19(21)13-24-17-7-2-1-3-8-17/h4-6,9-14,17H,1-3,7-8H2. The van der Waals surface area contributed by atoms with Crippen LogP contribution >= 0.6 is 11.6 Å². The Morgan fingerprint density at radius 3 is 2.56 bits per heavy atom. The van der Waals surface area contributed by atoms with Gasteiger partial charge in [0, 0.05) is 33.8 Å². The van der Waals surface area contributed by atoms with E-state index >= 15 is 0 Å². The summed E-state index contributed by atoms with van der Waals surface area (Å²) in [6.45, 7) is 0. The van der Waals surface area contributed by atoms with Gasteiger partial charge in [-0.2, -0.15) is 0 Å². The van der Waals surface area contributed by atoms with Crippen molar-refractivity contribution in [1.82, 2.24) is 0 Å². The molecule has 1 aliphatic rings. The topological polar surface area (TPSA) is 29.4 Å². The molecule has 3 aromatic carbocycles. The minimum atomic E-state index is 0.375. The zero-order valence-electron chi connectivity index (χ0n) is 14.0. The van der Waals surface area contributed by atoms with Crippen LogP contribution in [0.25, 0.3) is 21.5 Å². The number of aldehydes is 1. The fraction of sp³-hybridized carbons (Fsp3) is 0.273. The van der Waals surface area contributed by atoms with E-state index < -0.39 is 0 Å². The van der Waals surface area contributed by atoms with Crippen molar-refractivity contribution < 1.29 is 4.79 Å². The van der Waals surface area contributed by atoms with Gasteiger partial charge in [0.2, 0.25) is 0 Å². The third kappa shape index (κ3) is 3.07. The summed E-state index contributed by atoms with van der Waals surface area (Å²) >= 11 is 6.49. The van der Waals surface area contributed by atoms with Gasteiger partial charge in [-0.3, -0.25) is 9.79 Å². The highest BCUT2D eigenvalue weighted by molar-refractivity contribution is 6.35. The smallest absolute Gasteiger partial charge is 0.151 e. The number of rotatable bonds is 3. The van der Waals surface area contributed by atoms with Gasteiger partial charge < -0.3 is 0 Å². The van der Waals surface area contributed by atoms with Crippen molar-refractivity contribution in [3.05, 3.63) is 58.6 Å². The second-order valence-electron chi connectivity index (χ2n) is 6.76. The maximum Gasteiger partial charge on any atom is 0.151 e. The highest BCUT2D eigenvalue weighted by Gasteiger charge is 2.14. The van der Waals surface area contributed by atoms with Crippen LogP contribution in [0.3, 0.4) is 0 Å². The quantitative estimate of drug-likeness (QED) is 0.314. The first-order chi connectivity index (χ1) is 12.3. The molecule has 0 aliphatic heterocycles. The molecule has 0 unspecified atom stereocenters. The molecular formula is C22H20ClNO. The number of benzene rings is 3. The average Bonchev–Trinajstić information content (AvgIpc) is 2.66. The molecule has 4 rings (SSSR count). The fourth-order valence-electron chi connectivity index (χ4n) is 3.86. The van der Waals surface area contributed by atoms with Crippen LogP contribution in [0.4, 0.5) is 0 Å². The SMILES string of the molecule is O=Cc1c2ccccc2cc2ccc(Cl)c(C=NC3CCCCC3)c12. The molecule has 0 bridgehead atoms. The number of halogens is 1. The Labute approximate surface area is 152 Å². The van der Waals surface area contributed by atoms with Crippen molar-refractivity contribution in [2.24, 2.45) is 4.99 Å². The molecule has 1 aliphatic carbocycles. The van der Waals surface area contributed by atoms with Crippen molar-refractivity contribution in [2.75, 3.05) is 0 Å². The second kappa shape index (κ2) is 6.97. The molecule has 0 aromatic heterocycles. The van der Waals surface area contributed by atoms with Crippen LogP contribution in [0.5, 0.6) is 0 Å². The van der Waals surface area contributed by atoms with Gasteiger partial charge in [-0.1, -0.05) is 61.2 Å². The Balaban J connectivity index is 1.93. The number of aliphatic imine (C=N–C) groups is 1. The zero-order chi connectivity index (χ0) is 17.2. The molecular weight excluding hydrogens is 330 g/mol. The molecule has 0 saturated heterocycles. The van der Waals surface area contributed by atoms with Gasteiger partial charge in [-0.15, -0.1) is 0 Å². The normalized spacial score (nSPS) is 16.0. The highest BCUT2D eigenvalue weighted by Crippen LogP contribution is 2.33. The van der Waals surface area contributed by atoms with Crippen LogP contribution in [-0.2, 0) is 0 Å². The maximum atomic E-state index is 11.9. The molecule has 1 fully saturated rings. The number of hydrogen-bond donors (Lipinski definition) is 0. The monoisotopic (exact) mass is 349 g/mol. The first-order valence-electron chi connectivity index (χ1n) is 8.90. The fourth-order valence-corrected chi connectivity index (χ4v) is 4.07. The molecule has 3 aromatic rings. The van der Waals surface area contributed by atoms with E-state index in [1.807, 2.05) is 42.6 Å². The zero-order valence-corrected chi connectivity index (χ0v) is 14.8. The summed E-state index contributed by atoms with van der Waals surface area (Å²) in [7, 11) is 0. The highest BCUT2D eigenvalue weighted by atomic mass is 35.5. The summed E-state index contributed by atoms with van der Waals surface area (Å²) in [6.07, 6.45) is 8.92. The van der Waals surface area contributed by atoms with E-state index in [1.165, 1.54) is 19.3 Å². The average molecular weight is 350 g/mol. The van der Waals surface area contributed by atoms with Crippen LogP contribution in [0.2, 0.25) is 5.02 Å². The minimum absolute atomic E-state index is 0.375. The van der Waals surface area contributed by atoms with Crippen molar-refractivity contribution in [1.29, 1.82) is 0 Å². The van der Waals surface area contributed by atoms with E-state index in [1.54, 1.807) is 0 Å². The Morgan fingerprint density at radius 1 is 0.960 bits per heavy atom. The predicted molar refractivity (Wildman–Crippen MR) is 106 cm³/mol. The molecule has 1 saturated carbocycles. The molecule has 2 nitrogen and oxygen atoms in total. The molecule has 126 valence electrons. The van der Waals surface area contributed by atoms with E-state index in [0.717, 1.165) is 46.2 Å². The van der Waals surface area contributed by atoms with E-state index in [-0.39, 0.29) is 0 Å². The predicted octanol–water partition coefficient (Wildman–Crippen LogP) is 6.21. The second-order valence-corrected chi connectivity index (χ2v) is 7.17. The van der Waals surface area contributed by atoms with Crippen molar-refractivity contribution in [2.45, 2.75) is 38.1 Å². The molecule has 3 heteroatoms. The van der Waals surface area contributed by atoms with E-state index in [2.05, 4.69) is 6.07 Å². The summed E-state index contributed by atoms with van der Waals surface area (Å²) < 4.78 is 0. The lowest BCUT2D eigenvalue weighted by Crippen LogP contribution is -2.09. The summed E-state index contributed by atoms with van der Waals surface area (Å²) in [5, 5.41) is 4.59. The van der Waals surface area contributed by atoms with Crippen LogP contribution in [0.1, 0.15) is 48.0 Å². The minimum Gasteiger partial charge on any atom is -0.298 e. The number of hydrogen-bond acceptors (Lipinski definition) is 2. The first-order valence-corrected chi connectivity index (χ1v) is 9.28. The maximum absolute atomic E-state index is 11.9. The van der Waals surface area contributed by atoms with Crippen molar-refractivity contribution in [3.8, 4) is 0 Å². The van der Waals surface area contributed by atoms with E-state index in [0.29, 0.717) is 16.6 Å². The lowest BCUT2D eigenvalue weighted by Gasteiger charge is -2.17.